The van der Waals surface area contributed by atoms with Crippen molar-refractivity contribution >= 4 is 23.4 Å². The average molecular weight is 410 g/mol. The van der Waals surface area contributed by atoms with Crippen molar-refractivity contribution in [3.8, 4) is 5.75 Å². The van der Waals surface area contributed by atoms with Gasteiger partial charge in [-0.05, 0) is 42.7 Å². The Labute approximate surface area is 173 Å². The molecule has 0 bridgehead atoms. The monoisotopic (exact) mass is 409 g/mol. The molecule has 0 radical (unpaired) electrons. The smallest absolute Gasteiger partial charge is 0.240 e. The molecule has 4 rings (SSSR count). The summed E-state index contributed by atoms with van der Waals surface area (Å²) in [5.41, 5.74) is 3.26. The lowest BCUT2D eigenvalue weighted by Gasteiger charge is -2.21. The number of carbonyl (C=O) groups is 1. The summed E-state index contributed by atoms with van der Waals surface area (Å²) < 4.78 is 6.65. The number of para-hydroxylation sites is 1. The van der Waals surface area contributed by atoms with E-state index in [1.165, 1.54) is 22.0 Å². The highest BCUT2D eigenvalue weighted by Crippen LogP contribution is 2.31. The molecule has 1 aromatic heterocycles. The number of rotatable bonds is 6. The number of aromatic nitrogens is 3. The van der Waals surface area contributed by atoms with Crippen LogP contribution in [0.4, 0.5) is 5.69 Å². The number of hydrogen-bond donors (Lipinski definition) is 1. The number of nitrogens with two attached hydrogens (primary N) is 1. The number of ether oxygens (including phenoxy) is 1. The van der Waals surface area contributed by atoms with Crippen LogP contribution in [0.25, 0.3) is 0 Å². The molecule has 0 aliphatic carbocycles. The second-order valence-corrected chi connectivity index (χ2v) is 8.23. The zero-order valence-corrected chi connectivity index (χ0v) is 17.2. The Balaban J connectivity index is 1.44. The molecule has 2 heterocycles. The van der Waals surface area contributed by atoms with Crippen LogP contribution < -0.4 is 15.5 Å². The number of amides is 1. The minimum atomic E-state index is -0.318. The van der Waals surface area contributed by atoms with E-state index in [-0.39, 0.29) is 11.2 Å². The lowest BCUT2D eigenvalue weighted by atomic mass is 10.1. The Hall–Kier alpha value is -3.00. The van der Waals surface area contributed by atoms with Crippen LogP contribution in [0, 0.1) is 0 Å². The van der Waals surface area contributed by atoms with Gasteiger partial charge in [-0.3, -0.25) is 4.79 Å². The highest BCUT2D eigenvalue weighted by atomic mass is 32.2. The third-order valence-corrected chi connectivity index (χ3v) is 6.08. The average Bonchev–Trinajstić information content (AvgIpc) is 3.32. The lowest BCUT2D eigenvalue weighted by Crippen LogP contribution is -2.35. The predicted octanol–water partition coefficient (Wildman–Crippen LogP) is 2.66. The summed E-state index contributed by atoms with van der Waals surface area (Å²) in [5.74, 6) is 7.71. The fourth-order valence-corrected chi connectivity index (χ4v) is 4.28. The summed E-state index contributed by atoms with van der Waals surface area (Å²) in [6.07, 6.45) is 1.44. The van der Waals surface area contributed by atoms with E-state index in [1.807, 2.05) is 54.3 Å². The number of benzene rings is 2. The van der Waals surface area contributed by atoms with E-state index in [0.717, 1.165) is 23.4 Å². The van der Waals surface area contributed by atoms with Gasteiger partial charge in [0.25, 0.3) is 0 Å². The second kappa shape index (κ2) is 8.16. The Bertz CT molecular complexity index is 1020. The van der Waals surface area contributed by atoms with Crippen molar-refractivity contribution in [3.05, 3.63) is 65.5 Å². The van der Waals surface area contributed by atoms with Gasteiger partial charge in [0, 0.05) is 18.7 Å². The van der Waals surface area contributed by atoms with E-state index < -0.39 is 0 Å². The van der Waals surface area contributed by atoms with E-state index in [4.69, 9.17) is 10.6 Å². The van der Waals surface area contributed by atoms with E-state index in [2.05, 4.69) is 16.3 Å². The molecular formula is C21H23N5O2S. The first-order chi connectivity index (χ1) is 14.1. The summed E-state index contributed by atoms with van der Waals surface area (Å²) >= 11 is 1.33. The molecule has 0 fully saturated rings. The van der Waals surface area contributed by atoms with Crippen molar-refractivity contribution in [2.45, 2.75) is 30.2 Å². The Morgan fingerprint density at radius 3 is 2.72 bits per heavy atom. The van der Waals surface area contributed by atoms with Crippen molar-refractivity contribution in [2.75, 3.05) is 24.4 Å². The topological polar surface area (TPSA) is 86.3 Å². The number of thioether (sulfide) groups is 1. The molecule has 2 N–H and O–H groups in total. The standard InChI is InChI=1S/C21H23N5O2S/c1-14(20(27)25-12-11-16-5-3-4-6-18(16)25)29-21-24-23-19(26(21)22)13-15-7-9-17(28-2)10-8-15/h3-10,14H,11-13,22H2,1-2H3/t14-/m1/s1. The zero-order valence-electron chi connectivity index (χ0n) is 16.4. The lowest BCUT2D eigenvalue weighted by molar-refractivity contribution is -0.117. The fraction of sp³-hybridized carbons (Fsp3) is 0.286. The number of anilines is 1. The third kappa shape index (κ3) is 3.93. The van der Waals surface area contributed by atoms with Gasteiger partial charge in [-0.2, -0.15) is 0 Å². The minimum Gasteiger partial charge on any atom is -0.497 e. The number of nitrogen functional groups attached to an aromatic ring is 1. The summed E-state index contributed by atoms with van der Waals surface area (Å²) in [5, 5.41) is 8.62. The Morgan fingerprint density at radius 1 is 1.21 bits per heavy atom. The molecule has 0 saturated heterocycles. The van der Waals surface area contributed by atoms with Crippen molar-refractivity contribution < 1.29 is 9.53 Å². The van der Waals surface area contributed by atoms with E-state index in [9.17, 15) is 4.79 Å². The van der Waals surface area contributed by atoms with Crippen molar-refractivity contribution in [3.63, 3.8) is 0 Å². The number of methoxy groups -OCH3 is 1. The van der Waals surface area contributed by atoms with Gasteiger partial charge < -0.3 is 15.5 Å². The Morgan fingerprint density at radius 2 is 1.97 bits per heavy atom. The summed E-state index contributed by atoms with van der Waals surface area (Å²) in [6.45, 7) is 2.59. The van der Waals surface area contributed by atoms with Crippen LogP contribution in [-0.4, -0.2) is 39.7 Å². The molecule has 0 unspecified atom stereocenters. The van der Waals surface area contributed by atoms with Crippen molar-refractivity contribution in [1.29, 1.82) is 0 Å². The van der Waals surface area contributed by atoms with Gasteiger partial charge in [0.15, 0.2) is 5.82 Å². The molecule has 2 aromatic carbocycles. The van der Waals surface area contributed by atoms with Crippen LogP contribution in [0.2, 0.25) is 0 Å². The first kappa shape index (κ1) is 19.3. The normalized spacial score (nSPS) is 13.9. The van der Waals surface area contributed by atoms with Gasteiger partial charge in [-0.25, -0.2) is 4.68 Å². The SMILES string of the molecule is COc1ccc(Cc2nnc(S[C@H](C)C(=O)N3CCc4ccccc43)n2N)cc1. The zero-order chi connectivity index (χ0) is 20.4. The molecular weight excluding hydrogens is 386 g/mol. The van der Waals surface area contributed by atoms with Gasteiger partial charge >= 0.3 is 0 Å². The maximum absolute atomic E-state index is 13.0. The van der Waals surface area contributed by atoms with Crippen LogP contribution in [-0.2, 0) is 17.6 Å². The van der Waals surface area contributed by atoms with Gasteiger partial charge in [-0.1, -0.05) is 42.1 Å². The number of fused-ring (bicyclic) bond motifs is 1. The maximum atomic E-state index is 13.0. The molecule has 3 aromatic rings. The molecule has 0 saturated carbocycles. The predicted molar refractivity (Wildman–Crippen MR) is 114 cm³/mol. The molecule has 1 amide bonds. The molecule has 1 aliphatic heterocycles. The number of carbonyl (C=O) groups excluding carboxylic acids is 1. The minimum absolute atomic E-state index is 0.0552. The fourth-order valence-electron chi connectivity index (χ4n) is 3.43. The molecule has 0 spiro atoms. The van der Waals surface area contributed by atoms with Crippen LogP contribution >= 0.6 is 11.8 Å². The van der Waals surface area contributed by atoms with Gasteiger partial charge in [-0.15, -0.1) is 10.2 Å². The van der Waals surface area contributed by atoms with Crippen LogP contribution in [0.5, 0.6) is 5.75 Å². The largest absolute Gasteiger partial charge is 0.497 e. The molecule has 1 atom stereocenters. The first-order valence-corrected chi connectivity index (χ1v) is 10.3. The van der Waals surface area contributed by atoms with Crippen molar-refractivity contribution in [1.82, 2.24) is 14.9 Å². The molecule has 7 nitrogen and oxygen atoms in total. The van der Waals surface area contributed by atoms with Crippen LogP contribution in [0.1, 0.15) is 23.9 Å². The number of nitrogens with zero attached hydrogens (tertiary/aromatic N) is 4. The Kier molecular flexibility index (Phi) is 5.44. The highest BCUT2D eigenvalue weighted by Gasteiger charge is 2.29. The van der Waals surface area contributed by atoms with E-state index in [0.29, 0.717) is 23.9 Å². The first-order valence-electron chi connectivity index (χ1n) is 9.45. The molecule has 1 aliphatic rings. The molecule has 8 heteroatoms. The molecule has 29 heavy (non-hydrogen) atoms. The number of hydrogen-bond acceptors (Lipinski definition) is 6. The molecule has 150 valence electrons. The van der Waals surface area contributed by atoms with E-state index in [1.54, 1.807) is 7.11 Å². The van der Waals surface area contributed by atoms with Crippen LogP contribution in [0.15, 0.2) is 53.7 Å². The summed E-state index contributed by atoms with van der Waals surface area (Å²) in [4.78, 5) is 14.8. The highest BCUT2D eigenvalue weighted by molar-refractivity contribution is 8.00. The van der Waals surface area contributed by atoms with Gasteiger partial charge in [0.2, 0.25) is 11.1 Å². The summed E-state index contributed by atoms with van der Waals surface area (Å²) in [6, 6.07) is 15.8. The van der Waals surface area contributed by atoms with Crippen molar-refractivity contribution in [2.24, 2.45) is 0 Å². The summed E-state index contributed by atoms with van der Waals surface area (Å²) in [7, 11) is 1.64. The van der Waals surface area contributed by atoms with Gasteiger partial charge in [0.1, 0.15) is 5.75 Å². The van der Waals surface area contributed by atoms with E-state index >= 15 is 0 Å². The van der Waals surface area contributed by atoms with Gasteiger partial charge in [0.05, 0.1) is 12.4 Å². The second-order valence-electron chi connectivity index (χ2n) is 6.92. The quantitative estimate of drug-likeness (QED) is 0.498. The third-order valence-electron chi connectivity index (χ3n) is 5.04. The maximum Gasteiger partial charge on any atom is 0.240 e. The van der Waals surface area contributed by atoms with Crippen LogP contribution in [0.3, 0.4) is 0 Å².